The van der Waals surface area contributed by atoms with Crippen LogP contribution in [0, 0.1) is 87.3 Å². The first-order valence-electron chi connectivity index (χ1n) is 35.7. The lowest BCUT2D eigenvalue weighted by atomic mass is 9.53. The van der Waals surface area contributed by atoms with Gasteiger partial charge < -0.3 is 9.80 Å². The van der Waals surface area contributed by atoms with E-state index in [9.17, 15) is 0 Å². The Labute approximate surface area is 514 Å². The van der Waals surface area contributed by atoms with Crippen LogP contribution in [0.5, 0.6) is 0 Å². The minimum Gasteiger partial charge on any atom is -0.365 e. The van der Waals surface area contributed by atoms with Crippen LogP contribution in [0.1, 0.15) is 236 Å². The van der Waals surface area contributed by atoms with Gasteiger partial charge in [0, 0.05) is 57.9 Å². The van der Waals surface area contributed by atoms with Crippen LogP contribution in [0.4, 0.5) is 5.69 Å². The van der Waals surface area contributed by atoms with E-state index in [2.05, 4.69) is 194 Å². The van der Waals surface area contributed by atoms with Crippen molar-refractivity contribution in [3.8, 4) is 0 Å². The summed E-state index contributed by atoms with van der Waals surface area (Å²) in [6.07, 6.45) is 46.3. The molecule has 3 aromatic rings. The average molecular weight is 1130 g/mol. The van der Waals surface area contributed by atoms with Crippen LogP contribution >= 0.6 is 0 Å². The third-order valence-corrected chi connectivity index (χ3v) is 29.2. The van der Waals surface area contributed by atoms with Crippen molar-refractivity contribution in [3.05, 3.63) is 171 Å². The van der Waals surface area contributed by atoms with Gasteiger partial charge >= 0.3 is 0 Å². The normalized spacial score (nSPS) is 40.0. The molecular weight excluding hydrogens is 1020 g/mol. The predicted octanol–water partition coefficient (Wildman–Crippen LogP) is 21.0. The van der Waals surface area contributed by atoms with Gasteiger partial charge in [-0.2, -0.15) is 0 Å². The molecule has 0 heterocycles. The Morgan fingerprint density at radius 1 is 0.576 bits per heavy atom. The maximum Gasteiger partial charge on any atom is 0.0476 e. The zero-order valence-corrected chi connectivity index (χ0v) is 54.1. The van der Waals surface area contributed by atoms with E-state index in [4.69, 9.17) is 0 Å². The van der Waals surface area contributed by atoms with Crippen LogP contribution in [-0.4, -0.2) is 23.0 Å². The number of anilines is 1. The standard InChI is InChI=1S/C83H104N2/c1-79(2)44-43-64-73(84(52-31-35-60-58-23-15-17-25-65(58)80(3,4)69(60)45-52)53-33-37-62-71(47-53)82(7,8)67-39-27-49-19-11-13-21-56(49)76(62)67)41-29-51-30-42-74(78(79)75(51)64)85(54-32-36-61-59-24-16-18-26-66(59)81(5,6)70(61)46-54)55-34-38-63-72(48-55)83(9,10)68-40-28-50-20-12-14-22-57(50)77(63)68/h11-13,15-17,19-21,23-25,27,34,38-39,41,45,48,50-54,57,59-62,64,66-67,70-71,75-76H,14,18,22,26,28-33,35-37,40,42-44,46-47H2,1-10H3. The second-order valence-electron chi connectivity index (χ2n) is 34.3. The van der Waals surface area contributed by atoms with Crippen LogP contribution in [0.2, 0.25) is 0 Å². The summed E-state index contributed by atoms with van der Waals surface area (Å²) in [7, 11) is 0. The maximum atomic E-state index is 3.28. The quantitative estimate of drug-likeness (QED) is 0.227. The van der Waals surface area contributed by atoms with Crippen molar-refractivity contribution in [2.45, 2.75) is 232 Å². The maximum absolute atomic E-state index is 3.28. The lowest BCUT2D eigenvalue weighted by Gasteiger charge is -2.58. The molecule has 0 aromatic heterocycles. The Morgan fingerprint density at radius 2 is 1.34 bits per heavy atom. The minimum atomic E-state index is 0.0595. The molecule has 0 aliphatic heterocycles. The van der Waals surface area contributed by atoms with Gasteiger partial charge in [-0.3, -0.25) is 0 Å². The largest absolute Gasteiger partial charge is 0.365 e. The van der Waals surface area contributed by atoms with Crippen molar-refractivity contribution >= 4 is 17.3 Å². The molecule has 0 N–H and O–H groups in total. The molecule has 0 spiro atoms. The number of allylic oxidation sites excluding steroid dienone is 12. The molecular formula is C83H104N2. The summed E-state index contributed by atoms with van der Waals surface area (Å²) in [5.74, 6) is 9.78. The molecule has 0 bridgehead atoms. The second kappa shape index (κ2) is 19.2. The number of hydrogen-bond donors (Lipinski definition) is 0. The molecule has 0 saturated heterocycles. The Morgan fingerprint density at radius 3 is 2.21 bits per heavy atom. The molecule has 14 aliphatic carbocycles. The highest BCUT2D eigenvalue weighted by Gasteiger charge is 2.61. The van der Waals surface area contributed by atoms with Gasteiger partial charge in [0.05, 0.1) is 0 Å². The SMILES string of the molecule is CC1(C)CCC2C(N(C3C=C4C(CC3)c3ccccc3C4(C)C)C3CCC4C5c6ccccc6C=CC5C(C)(C)C4C3)=CCC3CCC(N(c4ccc5c(c4)C(C)(C)C4=C5C5CCC=CC5CC4)C4CCC5C6C=CCCC6C(C)(C)C5C4)=C1C32. The van der Waals surface area contributed by atoms with Gasteiger partial charge in [-0.15, -0.1) is 0 Å². The third-order valence-electron chi connectivity index (χ3n) is 29.2. The van der Waals surface area contributed by atoms with Gasteiger partial charge in [-0.25, -0.2) is 0 Å². The monoisotopic (exact) mass is 1130 g/mol. The van der Waals surface area contributed by atoms with Gasteiger partial charge in [0.15, 0.2) is 0 Å². The summed E-state index contributed by atoms with van der Waals surface area (Å²) in [5.41, 5.74) is 22.8. The molecule has 5 saturated carbocycles. The molecule has 5 fully saturated rings. The molecule has 14 aliphatic rings. The van der Waals surface area contributed by atoms with Crippen molar-refractivity contribution in [1.29, 1.82) is 0 Å². The van der Waals surface area contributed by atoms with Crippen LogP contribution < -0.4 is 4.90 Å². The van der Waals surface area contributed by atoms with Crippen LogP contribution in [0.25, 0.3) is 11.6 Å². The molecule has 2 heteroatoms. The minimum absolute atomic E-state index is 0.0595. The fourth-order valence-electron chi connectivity index (χ4n) is 25.3. The molecule has 3 aromatic carbocycles. The summed E-state index contributed by atoms with van der Waals surface area (Å²) in [6, 6.07) is 28.9. The molecule has 0 radical (unpaired) electrons. The summed E-state index contributed by atoms with van der Waals surface area (Å²) in [6.45, 7) is 26.7. The van der Waals surface area contributed by atoms with E-state index in [1.54, 1.807) is 61.6 Å². The van der Waals surface area contributed by atoms with E-state index < -0.39 is 0 Å². The van der Waals surface area contributed by atoms with Gasteiger partial charge in [-0.05, 0) is 266 Å². The number of rotatable bonds is 6. The highest BCUT2D eigenvalue weighted by molar-refractivity contribution is 5.84. The van der Waals surface area contributed by atoms with Crippen molar-refractivity contribution in [3.63, 3.8) is 0 Å². The number of hydrogen-bond acceptors (Lipinski definition) is 2. The van der Waals surface area contributed by atoms with Crippen LogP contribution in [-0.2, 0) is 10.8 Å². The van der Waals surface area contributed by atoms with E-state index in [-0.39, 0.29) is 21.7 Å². The van der Waals surface area contributed by atoms with Crippen molar-refractivity contribution < 1.29 is 0 Å². The van der Waals surface area contributed by atoms with Gasteiger partial charge in [0.2, 0.25) is 0 Å². The number of benzene rings is 3. The van der Waals surface area contributed by atoms with Crippen LogP contribution in [0.15, 0.2) is 137 Å². The molecule has 446 valence electrons. The van der Waals surface area contributed by atoms with Crippen LogP contribution in [0.3, 0.4) is 0 Å². The van der Waals surface area contributed by atoms with Crippen molar-refractivity contribution in [1.82, 2.24) is 4.90 Å². The van der Waals surface area contributed by atoms with E-state index in [0.717, 1.165) is 35.5 Å². The summed E-state index contributed by atoms with van der Waals surface area (Å²) >= 11 is 0. The van der Waals surface area contributed by atoms with E-state index >= 15 is 0 Å². The summed E-state index contributed by atoms with van der Waals surface area (Å²) in [4.78, 5) is 6.47. The van der Waals surface area contributed by atoms with Gasteiger partial charge in [0.1, 0.15) is 0 Å². The fourth-order valence-corrected chi connectivity index (χ4v) is 25.3. The smallest absolute Gasteiger partial charge is 0.0476 e. The first-order valence-corrected chi connectivity index (χ1v) is 35.7. The zero-order valence-electron chi connectivity index (χ0n) is 54.1. The lowest BCUT2D eigenvalue weighted by Crippen LogP contribution is -2.53. The van der Waals surface area contributed by atoms with E-state index in [1.807, 2.05) is 5.57 Å². The number of nitrogens with zero attached hydrogens (tertiary/aromatic N) is 2. The third kappa shape index (κ3) is 7.78. The molecule has 2 nitrogen and oxygen atoms in total. The van der Waals surface area contributed by atoms with Crippen molar-refractivity contribution in [2.75, 3.05) is 4.90 Å². The van der Waals surface area contributed by atoms with Crippen molar-refractivity contribution in [2.24, 2.45) is 87.3 Å². The predicted molar refractivity (Wildman–Crippen MR) is 355 cm³/mol. The van der Waals surface area contributed by atoms with Gasteiger partial charge in [-0.1, -0.05) is 184 Å². The lowest BCUT2D eigenvalue weighted by molar-refractivity contribution is 0.0400. The Bertz CT molecular complexity index is 3460. The molecule has 85 heavy (non-hydrogen) atoms. The topological polar surface area (TPSA) is 6.48 Å². The summed E-state index contributed by atoms with van der Waals surface area (Å²) < 4.78 is 0. The first-order chi connectivity index (χ1) is 40.9. The molecule has 17 unspecified atom stereocenters. The Balaban J connectivity index is 0.785. The molecule has 17 rings (SSSR count). The fraction of sp³-hybridized carbons (Fsp3) is 0.614. The first kappa shape index (κ1) is 54.6. The highest BCUT2D eigenvalue weighted by atomic mass is 15.2. The average Bonchev–Trinajstić information content (AvgIpc) is 1.84. The Kier molecular flexibility index (Phi) is 12.3. The highest BCUT2D eigenvalue weighted by Crippen LogP contribution is 2.69. The summed E-state index contributed by atoms with van der Waals surface area (Å²) in [5, 5.41) is 0. The number of fused-ring (bicyclic) bond motifs is 15. The van der Waals surface area contributed by atoms with E-state index in [1.165, 1.54) is 128 Å². The second-order valence-corrected chi connectivity index (χ2v) is 34.3. The molecule has 17 atom stereocenters. The van der Waals surface area contributed by atoms with E-state index in [0.29, 0.717) is 70.9 Å². The zero-order chi connectivity index (χ0) is 57.8. The molecule has 0 amide bonds. The Hall–Kier alpha value is -4.56. The van der Waals surface area contributed by atoms with Gasteiger partial charge in [0.25, 0.3) is 0 Å².